The van der Waals surface area contributed by atoms with Gasteiger partial charge in [0.2, 0.25) is 0 Å². The van der Waals surface area contributed by atoms with Crippen LogP contribution < -0.4 is 10.6 Å². The van der Waals surface area contributed by atoms with Crippen molar-refractivity contribution in [3.63, 3.8) is 0 Å². The highest BCUT2D eigenvalue weighted by molar-refractivity contribution is 6.44. The number of carbonyl (C=O) groups excluding carboxylic acids is 1. The molecule has 0 radical (unpaired) electrons. The molecule has 1 aromatic carbocycles. The number of halogens is 3. The van der Waals surface area contributed by atoms with Crippen LogP contribution in [0, 0.1) is 5.92 Å². The molecule has 0 heterocycles. The normalized spacial score (nSPS) is 13.4. The van der Waals surface area contributed by atoms with Gasteiger partial charge in [0.25, 0.3) is 0 Å². The summed E-state index contributed by atoms with van der Waals surface area (Å²) in [4.78, 5) is 23.0. The second kappa shape index (κ2) is 7.73. The van der Waals surface area contributed by atoms with Crippen LogP contribution in [0.1, 0.15) is 20.3 Å². The summed E-state index contributed by atoms with van der Waals surface area (Å²) in [7, 11) is 0. The highest BCUT2D eigenvalue weighted by Crippen LogP contribution is 2.32. The van der Waals surface area contributed by atoms with E-state index in [0.717, 1.165) is 0 Å². The zero-order chi connectivity index (χ0) is 16.2. The lowest BCUT2D eigenvalue weighted by Gasteiger charge is -2.20. The molecule has 1 rings (SSSR count). The third-order valence-corrected chi connectivity index (χ3v) is 4.06. The maximum atomic E-state index is 11.9. The van der Waals surface area contributed by atoms with Gasteiger partial charge in [-0.3, -0.25) is 0 Å². The predicted molar refractivity (Wildman–Crippen MR) is 84.5 cm³/mol. The highest BCUT2D eigenvalue weighted by Gasteiger charge is 2.25. The summed E-state index contributed by atoms with van der Waals surface area (Å²) in [6.07, 6.45) is 0.616. The average molecular weight is 354 g/mol. The molecule has 2 atom stereocenters. The fourth-order valence-corrected chi connectivity index (χ4v) is 2.20. The fraction of sp³-hybridized carbons (Fsp3) is 0.385. The van der Waals surface area contributed by atoms with Gasteiger partial charge in [0.15, 0.2) is 0 Å². The molecule has 0 aliphatic heterocycles. The predicted octanol–water partition coefficient (Wildman–Crippen LogP) is 4.27. The van der Waals surface area contributed by atoms with Crippen molar-refractivity contribution in [1.82, 2.24) is 5.32 Å². The van der Waals surface area contributed by atoms with Crippen LogP contribution in [0.15, 0.2) is 12.1 Å². The monoisotopic (exact) mass is 352 g/mol. The SMILES string of the molecule is CC[C@H](C)[C@H](NC(=O)Nc1cc(Cl)c(Cl)cc1Cl)C(=O)O. The van der Waals surface area contributed by atoms with Gasteiger partial charge in [-0.05, 0) is 18.1 Å². The molecule has 3 N–H and O–H groups in total. The molecule has 8 heteroatoms. The Kier molecular flexibility index (Phi) is 6.58. The largest absolute Gasteiger partial charge is 0.480 e. The summed E-state index contributed by atoms with van der Waals surface area (Å²) in [6, 6.07) is 1.12. The van der Waals surface area contributed by atoms with E-state index < -0.39 is 18.0 Å². The summed E-state index contributed by atoms with van der Waals surface area (Å²) in [5, 5.41) is 14.7. The van der Waals surface area contributed by atoms with Crippen molar-refractivity contribution >= 4 is 52.5 Å². The first kappa shape index (κ1) is 17.9. The number of nitrogens with one attached hydrogen (secondary N) is 2. The van der Waals surface area contributed by atoms with Crippen LogP contribution >= 0.6 is 34.8 Å². The second-order valence-electron chi connectivity index (χ2n) is 4.55. The van der Waals surface area contributed by atoms with E-state index in [1.807, 2.05) is 6.92 Å². The lowest BCUT2D eigenvalue weighted by Crippen LogP contribution is -2.46. The first-order valence-corrected chi connectivity index (χ1v) is 7.34. The van der Waals surface area contributed by atoms with Crippen molar-refractivity contribution in [2.24, 2.45) is 5.92 Å². The van der Waals surface area contributed by atoms with E-state index >= 15 is 0 Å². The molecule has 0 aliphatic rings. The third-order valence-electron chi connectivity index (χ3n) is 3.02. The Morgan fingerprint density at radius 3 is 2.29 bits per heavy atom. The van der Waals surface area contributed by atoms with E-state index in [0.29, 0.717) is 6.42 Å². The van der Waals surface area contributed by atoms with Crippen LogP contribution in [0.5, 0.6) is 0 Å². The molecular weight excluding hydrogens is 339 g/mol. The van der Waals surface area contributed by atoms with Crippen LogP contribution in [0.2, 0.25) is 15.1 Å². The highest BCUT2D eigenvalue weighted by atomic mass is 35.5. The number of carboxylic acid groups (broad SMARTS) is 1. The molecule has 116 valence electrons. The van der Waals surface area contributed by atoms with Gasteiger partial charge in [0, 0.05) is 0 Å². The molecule has 2 amide bonds. The first-order valence-electron chi connectivity index (χ1n) is 6.21. The molecule has 0 spiro atoms. The van der Waals surface area contributed by atoms with Gasteiger partial charge in [-0.15, -0.1) is 0 Å². The van der Waals surface area contributed by atoms with Crippen LogP contribution in [-0.2, 0) is 4.79 Å². The Balaban J connectivity index is 2.81. The molecule has 5 nitrogen and oxygen atoms in total. The number of amides is 2. The zero-order valence-electron chi connectivity index (χ0n) is 11.4. The van der Waals surface area contributed by atoms with Gasteiger partial charge < -0.3 is 15.7 Å². The maximum Gasteiger partial charge on any atom is 0.326 e. The lowest BCUT2D eigenvalue weighted by atomic mass is 9.99. The molecule has 0 unspecified atom stereocenters. The molecule has 0 fully saturated rings. The maximum absolute atomic E-state index is 11.9. The quantitative estimate of drug-likeness (QED) is 0.692. The number of carboxylic acids is 1. The van der Waals surface area contributed by atoms with Gasteiger partial charge in [-0.1, -0.05) is 55.1 Å². The van der Waals surface area contributed by atoms with Crippen LogP contribution in [0.4, 0.5) is 10.5 Å². The Hall–Kier alpha value is -1.17. The number of benzene rings is 1. The van der Waals surface area contributed by atoms with E-state index in [2.05, 4.69) is 10.6 Å². The van der Waals surface area contributed by atoms with E-state index in [4.69, 9.17) is 39.9 Å². The minimum Gasteiger partial charge on any atom is -0.480 e. The van der Waals surface area contributed by atoms with E-state index in [9.17, 15) is 9.59 Å². The molecule has 1 aromatic rings. The van der Waals surface area contributed by atoms with Crippen molar-refractivity contribution in [2.75, 3.05) is 5.32 Å². The Bertz CT molecular complexity index is 552. The van der Waals surface area contributed by atoms with Crippen molar-refractivity contribution in [2.45, 2.75) is 26.3 Å². The molecule has 0 bridgehead atoms. The summed E-state index contributed by atoms with van der Waals surface area (Å²) in [6.45, 7) is 3.58. The smallest absolute Gasteiger partial charge is 0.326 e. The third kappa shape index (κ3) is 4.95. The number of aliphatic carboxylic acids is 1. The average Bonchev–Trinajstić information content (AvgIpc) is 2.41. The lowest BCUT2D eigenvalue weighted by molar-refractivity contribution is -0.140. The van der Waals surface area contributed by atoms with Gasteiger partial charge in [0.1, 0.15) is 6.04 Å². The molecule has 0 saturated carbocycles. The van der Waals surface area contributed by atoms with Crippen molar-refractivity contribution in [1.29, 1.82) is 0 Å². The number of carbonyl (C=O) groups is 2. The number of rotatable bonds is 5. The Labute approximate surface area is 137 Å². The number of hydrogen-bond donors (Lipinski definition) is 3. The number of urea groups is 1. The molecular formula is C13H15Cl3N2O3. The summed E-state index contributed by atoms with van der Waals surface area (Å²) >= 11 is 17.6. The molecule has 0 aliphatic carbocycles. The van der Waals surface area contributed by atoms with Gasteiger partial charge in [0.05, 0.1) is 20.8 Å². The van der Waals surface area contributed by atoms with Gasteiger partial charge in [-0.25, -0.2) is 9.59 Å². The zero-order valence-corrected chi connectivity index (χ0v) is 13.7. The fourth-order valence-electron chi connectivity index (χ4n) is 1.60. The molecule has 0 aromatic heterocycles. The summed E-state index contributed by atoms with van der Waals surface area (Å²) in [5.41, 5.74) is 0.247. The number of hydrogen-bond acceptors (Lipinski definition) is 2. The Morgan fingerprint density at radius 2 is 1.76 bits per heavy atom. The van der Waals surface area contributed by atoms with Crippen LogP contribution in [0.25, 0.3) is 0 Å². The number of anilines is 1. The first-order chi connectivity index (χ1) is 9.76. The second-order valence-corrected chi connectivity index (χ2v) is 5.77. The summed E-state index contributed by atoms with van der Waals surface area (Å²) in [5.74, 6) is -1.31. The minimum absolute atomic E-state index is 0.204. The Morgan fingerprint density at radius 1 is 1.19 bits per heavy atom. The topological polar surface area (TPSA) is 78.4 Å². The van der Waals surface area contributed by atoms with Crippen molar-refractivity contribution in [3.8, 4) is 0 Å². The summed E-state index contributed by atoms with van der Waals surface area (Å²) < 4.78 is 0. The van der Waals surface area contributed by atoms with E-state index in [-0.39, 0.29) is 26.7 Å². The van der Waals surface area contributed by atoms with Crippen molar-refractivity contribution in [3.05, 3.63) is 27.2 Å². The molecule has 0 saturated heterocycles. The minimum atomic E-state index is -1.10. The van der Waals surface area contributed by atoms with E-state index in [1.165, 1.54) is 12.1 Å². The van der Waals surface area contributed by atoms with Crippen molar-refractivity contribution < 1.29 is 14.7 Å². The van der Waals surface area contributed by atoms with Crippen LogP contribution in [0.3, 0.4) is 0 Å². The molecule has 21 heavy (non-hydrogen) atoms. The van der Waals surface area contributed by atoms with Gasteiger partial charge >= 0.3 is 12.0 Å². The van der Waals surface area contributed by atoms with Crippen LogP contribution in [-0.4, -0.2) is 23.1 Å². The van der Waals surface area contributed by atoms with Gasteiger partial charge in [-0.2, -0.15) is 0 Å². The standard InChI is InChI=1S/C13H15Cl3N2O3/c1-3-6(2)11(12(19)20)18-13(21)17-10-5-8(15)7(14)4-9(10)16/h4-6,11H,3H2,1-2H3,(H,19,20)(H2,17,18,21)/t6-,11-/m0/s1. The van der Waals surface area contributed by atoms with E-state index in [1.54, 1.807) is 6.92 Å².